The van der Waals surface area contributed by atoms with Gasteiger partial charge in [0, 0.05) is 11.6 Å². The molecule has 1 aromatic carbocycles. The van der Waals surface area contributed by atoms with Crippen LogP contribution in [0.4, 0.5) is 4.39 Å². The highest BCUT2D eigenvalue weighted by atomic mass is 35.5. The number of methoxy groups -OCH3 is 1. The van der Waals surface area contributed by atoms with Crippen LogP contribution in [0, 0.1) is 5.82 Å². The first-order valence-corrected chi connectivity index (χ1v) is 5.86. The largest absolute Gasteiger partial charge is 0.495 e. The van der Waals surface area contributed by atoms with Gasteiger partial charge in [-0.25, -0.2) is 4.39 Å². The molecule has 1 fully saturated rings. The lowest BCUT2D eigenvalue weighted by atomic mass is 9.97. The average molecular weight is 244 g/mol. The van der Waals surface area contributed by atoms with Crippen molar-refractivity contribution in [3.8, 4) is 5.75 Å². The summed E-state index contributed by atoms with van der Waals surface area (Å²) in [4.78, 5) is 0. The van der Waals surface area contributed by atoms with Gasteiger partial charge in [0.1, 0.15) is 11.6 Å². The molecule has 1 unspecified atom stereocenters. The van der Waals surface area contributed by atoms with Crippen LogP contribution in [-0.2, 0) is 0 Å². The van der Waals surface area contributed by atoms with E-state index in [0.29, 0.717) is 16.3 Å². The number of hydrogen-bond donors (Lipinski definition) is 1. The van der Waals surface area contributed by atoms with Gasteiger partial charge in [0.2, 0.25) is 0 Å². The molecule has 0 spiro atoms. The van der Waals surface area contributed by atoms with Crippen LogP contribution in [0.1, 0.15) is 30.9 Å². The molecule has 1 heterocycles. The van der Waals surface area contributed by atoms with Crippen LogP contribution in [0.15, 0.2) is 12.1 Å². The predicted octanol–water partition coefficient (Wildman–Crippen LogP) is 3.30. The maximum atomic E-state index is 13.8. The maximum absolute atomic E-state index is 13.8. The molecule has 2 rings (SSSR count). The lowest BCUT2D eigenvalue weighted by molar-refractivity contribution is 0.389. The van der Waals surface area contributed by atoms with Gasteiger partial charge in [0.25, 0.3) is 0 Å². The number of ether oxygens (including phenoxy) is 1. The molecule has 0 saturated carbocycles. The number of benzene rings is 1. The van der Waals surface area contributed by atoms with Gasteiger partial charge in [0.15, 0.2) is 0 Å². The molecule has 1 N–H and O–H groups in total. The number of nitrogens with one attached hydrogen (secondary N) is 1. The fourth-order valence-electron chi connectivity index (χ4n) is 2.09. The zero-order chi connectivity index (χ0) is 11.5. The Labute approximate surface area is 99.7 Å². The molecule has 1 aliphatic rings. The SMILES string of the molecule is COc1cc(C2CCCCN2)c(F)cc1Cl. The Bertz CT molecular complexity index is 378. The van der Waals surface area contributed by atoms with E-state index >= 15 is 0 Å². The Kier molecular flexibility index (Phi) is 3.66. The van der Waals surface area contributed by atoms with Crippen molar-refractivity contribution in [2.24, 2.45) is 0 Å². The number of piperidine rings is 1. The van der Waals surface area contributed by atoms with Crippen molar-refractivity contribution in [2.45, 2.75) is 25.3 Å². The minimum atomic E-state index is -0.259. The molecule has 4 heteroatoms. The third kappa shape index (κ3) is 2.30. The first kappa shape index (κ1) is 11.7. The van der Waals surface area contributed by atoms with Crippen LogP contribution in [0.2, 0.25) is 5.02 Å². The molecule has 1 atom stereocenters. The van der Waals surface area contributed by atoms with E-state index in [4.69, 9.17) is 16.3 Å². The van der Waals surface area contributed by atoms with Crippen LogP contribution >= 0.6 is 11.6 Å². The number of hydrogen-bond acceptors (Lipinski definition) is 2. The highest BCUT2D eigenvalue weighted by Crippen LogP contribution is 2.33. The van der Waals surface area contributed by atoms with Crippen molar-refractivity contribution in [2.75, 3.05) is 13.7 Å². The smallest absolute Gasteiger partial charge is 0.137 e. The summed E-state index contributed by atoms with van der Waals surface area (Å²) in [7, 11) is 1.54. The van der Waals surface area contributed by atoms with Crippen molar-refractivity contribution >= 4 is 11.6 Å². The van der Waals surface area contributed by atoms with Crippen molar-refractivity contribution in [3.63, 3.8) is 0 Å². The number of rotatable bonds is 2. The molecule has 1 aliphatic heterocycles. The quantitative estimate of drug-likeness (QED) is 0.861. The molecule has 2 nitrogen and oxygen atoms in total. The van der Waals surface area contributed by atoms with Gasteiger partial charge in [-0.2, -0.15) is 0 Å². The minimum absolute atomic E-state index is 0.0833. The van der Waals surface area contributed by atoms with Gasteiger partial charge in [-0.1, -0.05) is 18.0 Å². The summed E-state index contributed by atoms with van der Waals surface area (Å²) in [5.41, 5.74) is 0.654. The number of halogens is 2. The lowest BCUT2D eigenvalue weighted by Gasteiger charge is -2.24. The van der Waals surface area contributed by atoms with E-state index in [0.717, 1.165) is 25.8 Å². The second kappa shape index (κ2) is 5.02. The standard InChI is InChI=1S/C12H15ClFNO/c1-16-12-6-8(10(14)7-9(12)13)11-4-2-3-5-15-11/h6-7,11,15H,2-5H2,1H3. The van der Waals surface area contributed by atoms with Gasteiger partial charge in [-0.3, -0.25) is 0 Å². The summed E-state index contributed by atoms with van der Waals surface area (Å²) in [6, 6.07) is 3.10. The predicted molar refractivity (Wildman–Crippen MR) is 62.6 cm³/mol. The molecule has 0 aliphatic carbocycles. The summed E-state index contributed by atoms with van der Waals surface area (Å²) < 4.78 is 18.9. The molecule has 1 aromatic rings. The molecule has 0 radical (unpaired) electrons. The van der Waals surface area contributed by atoms with Gasteiger partial charge >= 0.3 is 0 Å². The van der Waals surface area contributed by atoms with Crippen LogP contribution < -0.4 is 10.1 Å². The van der Waals surface area contributed by atoms with Gasteiger partial charge in [0.05, 0.1) is 12.1 Å². The zero-order valence-electron chi connectivity index (χ0n) is 9.22. The third-order valence-electron chi connectivity index (χ3n) is 2.96. The Morgan fingerprint density at radius 2 is 2.25 bits per heavy atom. The molecular weight excluding hydrogens is 229 g/mol. The Morgan fingerprint density at radius 1 is 1.44 bits per heavy atom. The third-order valence-corrected chi connectivity index (χ3v) is 3.25. The fourth-order valence-corrected chi connectivity index (χ4v) is 2.31. The topological polar surface area (TPSA) is 21.3 Å². The van der Waals surface area contributed by atoms with Crippen molar-refractivity contribution < 1.29 is 9.13 Å². The van der Waals surface area contributed by atoms with E-state index in [-0.39, 0.29) is 11.9 Å². The normalized spacial score (nSPS) is 20.8. The van der Waals surface area contributed by atoms with E-state index in [9.17, 15) is 4.39 Å². The second-order valence-electron chi connectivity index (χ2n) is 4.01. The van der Waals surface area contributed by atoms with E-state index in [2.05, 4.69) is 5.32 Å². The first-order chi connectivity index (χ1) is 7.72. The zero-order valence-corrected chi connectivity index (χ0v) is 9.98. The summed E-state index contributed by atoms with van der Waals surface area (Å²) in [6.07, 6.45) is 3.24. The highest BCUT2D eigenvalue weighted by molar-refractivity contribution is 6.32. The van der Waals surface area contributed by atoms with Crippen molar-refractivity contribution in [1.82, 2.24) is 5.32 Å². The molecule has 0 amide bonds. The lowest BCUT2D eigenvalue weighted by Crippen LogP contribution is -2.27. The summed E-state index contributed by atoms with van der Waals surface area (Å²) >= 11 is 5.86. The molecule has 88 valence electrons. The molecule has 0 bridgehead atoms. The molecule has 1 saturated heterocycles. The van der Waals surface area contributed by atoms with E-state index in [1.165, 1.54) is 13.2 Å². The molecular formula is C12H15ClFNO. The maximum Gasteiger partial charge on any atom is 0.137 e. The average Bonchev–Trinajstić information content (AvgIpc) is 2.30. The highest BCUT2D eigenvalue weighted by Gasteiger charge is 2.20. The van der Waals surface area contributed by atoms with E-state index in [1.807, 2.05) is 0 Å². The Balaban J connectivity index is 2.31. The molecule has 16 heavy (non-hydrogen) atoms. The summed E-state index contributed by atoms with van der Waals surface area (Å²) in [5, 5.41) is 3.63. The van der Waals surface area contributed by atoms with Gasteiger partial charge in [-0.15, -0.1) is 0 Å². The Morgan fingerprint density at radius 3 is 2.88 bits per heavy atom. The first-order valence-electron chi connectivity index (χ1n) is 5.48. The summed E-state index contributed by atoms with van der Waals surface area (Å²) in [5.74, 6) is 0.274. The fraction of sp³-hybridized carbons (Fsp3) is 0.500. The monoisotopic (exact) mass is 243 g/mol. The Hall–Kier alpha value is -0.800. The minimum Gasteiger partial charge on any atom is -0.495 e. The van der Waals surface area contributed by atoms with Crippen molar-refractivity contribution in [1.29, 1.82) is 0 Å². The van der Waals surface area contributed by atoms with Crippen LogP contribution in [-0.4, -0.2) is 13.7 Å². The van der Waals surface area contributed by atoms with Crippen molar-refractivity contribution in [3.05, 3.63) is 28.5 Å². The second-order valence-corrected chi connectivity index (χ2v) is 4.42. The molecule has 0 aromatic heterocycles. The van der Waals surface area contributed by atoms with E-state index in [1.54, 1.807) is 6.07 Å². The van der Waals surface area contributed by atoms with Crippen LogP contribution in [0.5, 0.6) is 5.75 Å². The van der Waals surface area contributed by atoms with Crippen LogP contribution in [0.25, 0.3) is 0 Å². The van der Waals surface area contributed by atoms with Gasteiger partial charge in [-0.05, 0) is 31.5 Å². The van der Waals surface area contributed by atoms with E-state index < -0.39 is 0 Å². The van der Waals surface area contributed by atoms with Gasteiger partial charge < -0.3 is 10.1 Å². The van der Waals surface area contributed by atoms with Crippen LogP contribution in [0.3, 0.4) is 0 Å². The summed E-state index contributed by atoms with van der Waals surface area (Å²) in [6.45, 7) is 0.940.